The van der Waals surface area contributed by atoms with Crippen LogP contribution in [0.15, 0.2) is 24.5 Å². The Morgan fingerprint density at radius 2 is 2.20 bits per heavy atom. The Morgan fingerprint density at radius 3 is 2.93 bits per heavy atom. The third kappa shape index (κ3) is 1.35. The zero-order valence-corrected chi connectivity index (χ0v) is 8.48. The molecule has 0 amide bonds. The summed E-state index contributed by atoms with van der Waals surface area (Å²) in [5, 5.41) is 2.11. The average Bonchev–Trinajstić information content (AvgIpc) is 2.15. The number of anilines is 1. The molecule has 0 aromatic carbocycles. The highest BCUT2D eigenvalue weighted by Gasteiger charge is 2.21. The predicted molar refractivity (Wildman–Crippen MR) is 60.5 cm³/mol. The lowest BCUT2D eigenvalue weighted by Crippen LogP contribution is -2.11. The SMILES string of the molecule is Nc1nc(C2CCC2)cc2ccncc12. The maximum atomic E-state index is 5.92. The molecule has 0 saturated heterocycles. The fraction of sp³-hybridized carbons (Fsp3) is 0.333. The van der Waals surface area contributed by atoms with Crippen LogP contribution in [0, 0.1) is 0 Å². The molecule has 2 aromatic heterocycles. The quantitative estimate of drug-likeness (QED) is 0.767. The van der Waals surface area contributed by atoms with E-state index >= 15 is 0 Å². The van der Waals surface area contributed by atoms with E-state index in [-0.39, 0.29) is 0 Å². The molecule has 1 aliphatic carbocycles. The summed E-state index contributed by atoms with van der Waals surface area (Å²) in [6.45, 7) is 0. The van der Waals surface area contributed by atoms with Crippen LogP contribution < -0.4 is 5.73 Å². The van der Waals surface area contributed by atoms with E-state index < -0.39 is 0 Å². The van der Waals surface area contributed by atoms with Crippen molar-refractivity contribution in [2.75, 3.05) is 5.73 Å². The summed E-state index contributed by atoms with van der Waals surface area (Å²) < 4.78 is 0. The fourth-order valence-electron chi connectivity index (χ4n) is 2.05. The number of pyridine rings is 2. The molecule has 1 fully saturated rings. The van der Waals surface area contributed by atoms with Crippen molar-refractivity contribution < 1.29 is 0 Å². The summed E-state index contributed by atoms with van der Waals surface area (Å²) in [6.07, 6.45) is 7.40. The minimum Gasteiger partial charge on any atom is -0.383 e. The van der Waals surface area contributed by atoms with Crippen LogP contribution in [0.25, 0.3) is 10.8 Å². The van der Waals surface area contributed by atoms with Gasteiger partial charge in [-0.1, -0.05) is 6.42 Å². The van der Waals surface area contributed by atoms with E-state index in [0.717, 1.165) is 16.5 Å². The van der Waals surface area contributed by atoms with Crippen molar-refractivity contribution in [3.8, 4) is 0 Å². The van der Waals surface area contributed by atoms with E-state index in [1.165, 1.54) is 19.3 Å². The Balaban J connectivity index is 2.18. The third-order valence-electron chi connectivity index (χ3n) is 3.21. The van der Waals surface area contributed by atoms with E-state index in [9.17, 15) is 0 Å². The van der Waals surface area contributed by atoms with Gasteiger partial charge in [0.05, 0.1) is 0 Å². The van der Waals surface area contributed by atoms with E-state index in [2.05, 4.69) is 16.0 Å². The highest BCUT2D eigenvalue weighted by Crippen LogP contribution is 2.36. The normalized spacial score (nSPS) is 16.5. The van der Waals surface area contributed by atoms with E-state index in [1.807, 2.05) is 6.07 Å². The minimum absolute atomic E-state index is 0.613. The van der Waals surface area contributed by atoms with Crippen LogP contribution in [-0.4, -0.2) is 9.97 Å². The van der Waals surface area contributed by atoms with E-state index in [0.29, 0.717) is 11.7 Å². The lowest BCUT2D eigenvalue weighted by atomic mass is 9.82. The summed E-state index contributed by atoms with van der Waals surface area (Å²) >= 11 is 0. The Hall–Kier alpha value is -1.64. The standard InChI is InChI=1S/C12H13N3/c13-12-10-7-14-5-4-9(10)6-11(15-12)8-2-1-3-8/h4-8H,1-3H2,(H2,13,15). The van der Waals surface area contributed by atoms with Crippen molar-refractivity contribution in [2.24, 2.45) is 0 Å². The molecule has 1 aliphatic rings. The summed E-state index contributed by atoms with van der Waals surface area (Å²) in [5.74, 6) is 1.24. The number of rotatable bonds is 1. The van der Waals surface area contributed by atoms with Gasteiger partial charge in [-0.25, -0.2) is 4.98 Å². The topological polar surface area (TPSA) is 51.8 Å². The summed E-state index contributed by atoms with van der Waals surface area (Å²) in [4.78, 5) is 8.52. The van der Waals surface area contributed by atoms with Crippen LogP contribution in [0.2, 0.25) is 0 Å². The van der Waals surface area contributed by atoms with Gasteiger partial charge >= 0.3 is 0 Å². The van der Waals surface area contributed by atoms with Crippen molar-refractivity contribution in [1.82, 2.24) is 9.97 Å². The Morgan fingerprint density at radius 1 is 1.33 bits per heavy atom. The first-order valence-electron chi connectivity index (χ1n) is 5.35. The number of nitrogens with zero attached hydrogens (tertiary/aromatic N) is 2. The van der Waals surface area contributed by atoms with Crippen molar-refractivity contribution in [2.45, 2.75) is 25.2 Å². The second-order valence-electron chi connectivity index (χ2n) is 4.16. The predicted octanol–water partition coefficient (Wildman–Crippen LogP) is 2.48. The fourth-order valence-corrected chi connectivity index (χ4v) is 2.05. The number of aromatic nitrogens is 2. The van der Waals surface area contributed by atoms with Gasteiger partial charge in [-0.3, -0.25) is 4.98 Å². The van der Waals surface area contributed by atoms with Crippen molar-refractivity contribution in [1.29, 1.82) is 0 Å². The van der Waals surface area contributed by atoms with Crippen LogP contribution in [-0.2, 0) is 0 Å². The average molecular weight is 199 g/mol. The van der Waals surface area contributed by atoms with Gasteiger partial charge in [0, 0.05) is 29.4 Å². The zero-order valence-electron chi connectivity index (χ0n) is 8.48. The molecule has 0 radical (unpaired) electrons. The van der Waals surface area contributed by atoms with Gasteiger partial charge in [0.15, 0.2) is 0 Å². The first-order chi connectivity index (χ1) is 7.34. The number of hydrogen-bond donors (Lipinski definition) is 1. The largest absolute Gasteiger partial charge is 0.383 e. The van der Waals surface area contributed by atoms with Gasteiger partial charge < -0.3 is 5.73 Å². The highest BCUT2D eigenvalue weighted by molar-refractivity contribution is 5.90. The molecule has 0 unspecified atom stereocenters. The lowest BCUT2D eigenvalue weighted by Gasteiger charge is -2.25. The lowest BCUT2D eigenvalue weighted by molar-refractivity contribution is 0.412. The molecule has 0 atom stereocenters. The molecule has 2 aromatic rings. The molecule has 3 nitrogen and oxygen atoms in total. The highest BCUT2D eigenvalue weighted by atomic mass is 14.9. The Kier molecular flexibility index (Phi) is 1.84. The van der Waals surface area contributed by atoms with Gasteiger partial charge in [-0.15, -0.1) is 0 Å². The molecule has 0 bridgehead atoms. The number of fused-ring (bicyclic) bond motifs is 1. The van der Waals surface area contributed by atoms with Crippen molar-refractivity contribution in [3.05, 3.63) is 30.2 Å². The van der Waals surface area contributed by atoms with Crippen LogP contribution in [0.3, 0.4) is 0 Å². The van der Waals surface area contributed by atoms with Gasteiger partial charge in [-0.05, 0) is 30.4 Å². The Labute approximate surface area is 88.3 Å². The number of nitrogen functional groups attached to an aromatic ring is 1. The molecular formula is C12H13N3. The molecular weight excluding hydrogens is 186 g/mol. The molecule has 2 heterocycles. The first-order valence-corrected chi connectivity index (χ1v) is 5.35. The third-order valence-corrected chi connectivity index (χ3v) is 3.21. The van der Waals surface area contributed by atoms with Gasteiger partial charge in [0.25, 0.3) is 0 Å². The molecule has 76 valence electrons. The Bertz CT molecular complexity index is 503. The van der Waals surface area contributed by atoms with Crippen LogP contribution in [0.5, 0.6) is 0 Å². The van der Waals surface area contributed by atoms with Crippen molar-refractivity contribution >= 4 is 16.6 Å². The molecule has 2 N–H and O–H groups in total. The molecule has 0 spiro atoms. The van der Waals surface area contributed by atoms with Gasteiger partial charge in [0.2, 0.25) is 0 Å². The number of nitrogens with two attached hydrogens (primary N) is 1. The summed E-state index contributed by atoms with van der Waals surface area (Å²) in [7, 11) is 0. The summed E-state index contributed by atoms with van der Waals surface area (Å²) in [6, 6.07) is 4.15. The van der Waals surface area contributed by atoms with Gasteiger partial charge in [0.1, 0.15) is 5.82 Å². The van der Waals surface area contributed by atoms with Crippen LogP contribution >= 0.6 is 0 Å². The molecule has 3 heteroatoms. The van der Waals surface area contributed by atoms with E-state index in [4.69, 9.17) is 5.73 Å². The maximum Gasteiger partial charge on any atom is 0.133 e. The molecule has 3 rings (SSSR count). The van der Waals surface area contributed by atoms with Crippen LogP contribution in [0.4, 0.5) is 5.82 Å². The zero-order chi connectivity index (χ0) is 10.3. The first kappa shape index (κ1) is 8.65. The summed E-state index contributed by atoms with van der Waals surface area (Å²) in [5.41, 5.74) is 7.07. The van der Waals surface area contributed by atoms with E-state index in [1.54, 1.807) is 12.4 Å². The van der Waals surface area contributed by atoms with Crippen LogP contribution in [0.1, 0.15) is 30.9 Å². The maximum absolute atomic E-state index is 5.92. The monoisotopic (exact) mass is 199 g/mol. The smallest absolute Gasteiger partial charge is 0.133 e. The second-order valence-corrected chi connectivity index (χ2v) is 4.16. The molecule has 15 heavy (non-hydrogen) atoms. The number of hydrogen-bond acceptors (Lipinski definition) is 3. The molecule has 0 aliphatic heterocycles. The van der Waals surface area contributed by atoms with Gasteiger partial charge in [-0.2, -0.15) is 0 Å². The molecule has 1 saturated carbocycles. The minimum atomic E-state index is 0.613. The second kappa shape index (κ2) is 3.19. The van der Waals surface area contributed by atoms with Crippen molar-refractivity contribution in [3.63, 3.8) is 0 Å².